The van der Waals surface area contributed by atoms with Gasteiger partial charge in [0.25, 0.3) is 0 Å². The number of anilines is 1. The maximum Gasteiger partial charge on any atom is 0.225 e. The van der Waals surface area contributed by atoms with Crippen LogP contribution in [0.15, 0.2) is 66.7 Å². The summed E-state index contributed by atoms with van der Waals surface area (Å²) in [6.45, 7) is 5.34. The zero-order chi connectivity index (χ0) is 23.4. The third-order valence-corrected chi connectivity index (χ3v) is 5.84. The number of aromatic nitrogens is 2. The monoisotopic (exact) mass is 442 g/mol. The molecular formula is C27H30N4O2. The van der Waals surface area contributed by atoms with Crippen molar-refractivity contribution in [3.63, 3.8) is 0 Å². The molecule has 0 saturated heterocycles. The van der Waals surface area contributed by atoms with Crippen molar-refractivity contribution in [3.05, 3.63) is 83.7 Å². The number of fused-ring (bicyclic) bond motifs is 1. The second kappa shape index (κ2) is 9.88. The molecule has 0 saturated carbocycles. The molecule has 6 heteroatoms. The summed E-state index contributed by atoms with van der Waals surface area (Å²) in [6.07, 6.45) is 0.413. The normalized spacial score (nSPS) is 11.2. The van der Waals surface area contributed by atoms with Gasteiger partial charge >= 0.3 is 0 Å². The highest BCUT2D eigenvalue weighted by molar-refractivity contribution is 5.92. The molecule has 1 aromatic heterocycles. The lowest BCUT2D eigenvalue weighted by Crippen LogP contribution is -2.24. The molecule has 4 rings (SSSR count). The van der Waals surface area contributed by atoms with E-state index in [0.717, 1.165) is 40.4 Å². The number of carbonyl (C=O) groups excluding carboxylic acids is 1. The Balaban J connectivity index is 1.34. The molecule has 6 nitrogen and oxygen atoms in total. The van der Waals surface area contributed by atoms with Crippen LogP contribution in [0.3, 0.4) is 0 Å². The number of para-hydroxylation sites is 1. The van der Waals surface area contributed by atoms with E-state index in [-0.39, 0.29) is 5.91 Å². The predicted octanol–water partition coefficient (Wildman–Crippen LogP) is 5.11. The smallest absolute Gasteiger partial charge is 0.225 e. The molecule has 1 heterocycles. The molecule has 0 spiro atoms. The van der Waals surface area contributed by atoms with E-state index in [4.69, 9.17) is 4.74 Å². The van der Waals surface area contributed by atoms with E-state index >= 15 is 0 Å². The van der Waals surface area contributed by atoms with Gasteiger partial charge in [-0.05, 0) is 67.6 Å². The van der Waals surface area contributed by atoms with E-state index in [1.54, 1.807) is 7.11 Å². The van der Waals surface area contributed by atoms with E-state index in [9.17, 15) is 4.79 Å². The van der Waals surface area contributed by atoms with Gasteiger partial charge in [-0.3, -0.25) is 4.79 Å². The number of ether oxygens (including phenoxy) is 1. The molecule has 0 aliphatic heterocycles. The lowest BCUT2D eigenvalue weighted by Gasteiger charge is -2.17. The SMILES string of the molecule is COc1ccc2cc(CN(C)CCC(=O)Nc3c(C)nn(-c4ccccc4)c3C)ccc2c1. The molecule has 0 atom stereocenters. The van der Waals surface area contributed by atoms with Crippen LogP contribution in [0.5, 0.6) is 5.75 Å². The summed E-state index contributed by atoms with van der Waals surface area (Å²) in [5.41, 5.74) is 4.72. The molecule has 3 aromatic carbocycles. The van der Waals surface area contributed by atoms with Crippen molar-refractivity contribution in [2.75, 3.05) is 26.0 Å². The van der Waals surface area contributed by atoms with Gasteiger partial charge in [0, 0.05) is 19.5 Å². The Morgan fingerprint density at radius 3 is 2.52 bits per heavy atom. The van der Waals surface area contributed by atoms with E-state index in [1.165, 1.54) is 10.9 Å². The Morgan fingerprint density at radius 1 is 1.03 bits per heavy atom. The third kappa shape index (κ3) is 5.23. The van der Waals surface area contributed by atoms with Gasteiger partial charge in [0.1, 0.15) is 5.75 Å². The number of benzene rings is 3. The lowest BCUT2D eigenvalue weighted by atomic mass is 10.1. The van der Waals surface area contributed by atoms with E-state index in [0.29, 0.717) is 13.0 Å². The Hall–Kier alpha value is -3.64. The van der Waals surface area contributed by atoms with E-state index in [2.05, 4.69) is 39.6 Å². The third-order valence-electron chi connectivity index (χ3n) is 5.84. The Morgan fingerprint density at radius 2 is 1.76 bits per heavy atom. The molecule has 0 radical (unpaired) electrons. The zero-order valence-corrected chi connectivity index (χ0v) is 19.6. The zero-order valence-electron chi connectivity index (χ0n) is 19.6. The predicted molar refractivity (Wildman–Crippen MR) is 133 cm³/mol. The molecule has 0 aliphatic carbocycles. The van der Waals surface area contributed by atoms with Crippen molar-refractivity contribution >= 4 is 22.4 Å². The molecule has 33 heavy (non-hydrogen) atoms. The molecular weight excluding hydrogens is 412 g/mol. The largest absolute Gasteiger partial charge is 0.497 e. The highest BCUT2D eigenvalue weighted by atomic mass is 16.5. The maximum atomic E-state index is 12.7. The number of methoxy groups -OCH3 is 1. The minimum absolute atomic E-state index is 0.00809. The molecule has 170 valence electrons. The van der Waals surface area contributed by atoms with Crippen molar-refractivity contribution in [3.8, 4) is 11.4 Å². The number of rotatable bonds is 8. The quantitative estimate of drug-likeness (QED) is 0.412. The minimum Gasteiger partial charge on any atom is -0.497 e. The summed E-state index contributed by atoms with van der Waals surface area (Å²) in [6, 6.07) is 22.5. The van der Waals surface area contributed by atoms with Gasteiger partial charge in [0.15, 0.2) is 0 Å². The fraction of sp³-hybridized carbons (Fsp3) is 0.259. The van der Waals surface area contributed by atoms with Gasteiger partial charge < -0.3 is 15.0 Å². The lowest BCUT2D eigenvalue weighted by molar-refractivity contribution is -0.116. The topological polar surface area (TPSA) is 59.4 Å². The summed E-state index contributed by atoms with van der Waals surface area (Å²) in [7, 11) is 3.72. The number of nitrogens with zero attached hydrogens (tertiary/aromatic N) is 3. The van der Waals surface area contributed by atoms with Crippen LogP contribution < -0.4 is 10.1 Å². The highest BCUT2D eigenvalue weighted by Gasteiger charge is 2.15. The van der Waals surface area contributed by atoms with Crippen LogP contribution in [0.4, 0.5) is 5.69 Å². The van der Waals surface area contributed by atoms with Crippen LogP contribution in [-0.4, -0.2) is 41.3 Å². The summed E-state index contributed by atoms with van der Waals surface area (Å²) >= 11 is 0. The molecule has 1 amide bonds. The first kappa shape index (κ1) is 22.6. The van der Waals surface area contributed by atoms with Gasteiger partial charge in [-0.1, -0.05) is 36.4 Å². The number of amides is 1. The maximum absolute atomic E-state index is 12.7. The number of aryl methyl sites for hydroxylation is 1. The molecule has 1 N–H and O–H groups in total. The van der Waals surface area contributed by atoms with Crippen LogP contribution >= 0.6 is 0 Å². The average Bonchev–Trinajstić information content (AvgIpc) is 3.11. The first-order valence-corrected chi connectivity index (χ1v) is 11.1. The average molecular weight is 443 g/mol. The van der Waals surface area contributed by atoms with Crippen LogP contribution in [0.2, 0.25) is 0 Å². The molecule has 0 unspecified atom stereocenters. The van der Waals surface area contributed by atoms with E-state index < -0.39 is 0 Å². The summed E-state index contributed by atoms with van der Waals surface area (Å²) in [4.78, 5) is 14.8. The van der Waals surface area contributed by atoms with Crippen LogP contribution in [0, 0.1) is 13.8 Å². The van der Waals surface area contributed by atoms with Crippen LogP contribution in [0.25, 0.3) is 16.5 Å². The second-order valence-electron chi connectivity index (χ2n) is 8.38. The molecule has 4 aromatic rings. The van der Waals surface area contributed by atoms with Gasteiger partial charge in [-0.15, -0.1) is 0 Å². The Bertz CT molecular complexity index is 1260. The summed E-state index contributed by atoms with van der Waals surface area (Å²) in [5.74, 6) is 0.851. The van der Waals surface area contributed by atoms with Gasteiger partial charge in [0.05, 0.1) is 29.9 Å². The summed E-state index contributed by atoms with van der Waals surface area (Å²) in [5, 5.41) is 10.0. The van der Waals surface area contributed by atoms with Gasteiger partial charge in [0.2, 0.25) is 5.91 Å². The Labute approximate surface area is 194 Å². The minimum atomic E-state index is -0.00809. The van der Waals surface area contributed by atoms with Crippen LogP contribution in [0.1, 0.15) is 23.4 Å². The van der Waals surface area contributed by atoms with Crippen molar-refractivity contribution < 1.29 is 9.53 Å². The van der Waals surface area contributed by atoms with Gasteiger partial charge in [-0.25, -0.2) is 4.68 Å². The van der Waals surface area contributed by atoms with Crippen molar-refractivity contribution in [1.29, 1.82) is 0 Å². The standard InChI is InChI=1S/C27H30N4O2/c1-19-27(20(2)31(29-19)24-8-6-5-7-9-24)28-26(32)14-15-30(3)18-21-10-11-23-17-25(33-4)13-12-22(23)16-21/h5-13,16-17H,14-15,18H2,1-4H3,(H,28,32). The number of hydrogen-bond acceptors (Lipinski definition) is 4. The van der Waals surface area contributed by atoms with E-state index in [1.807, 2.05) is 68.0 Å². The van der Waals surface area contributed by atoms with Crippen molar-refractivity contribution in [1.82, 2.24) is 14.7 Å². The molecule has 0 fully saturated rings. The van der Waals surface area contributed by atoms with Gasteiger partial charge in [-0.2, -0.15) is 5.10 Å². The first-order chi connectivity index (χ1) is 15.9. The number of hydrogen-bond donors (Lipinski definition) is 1. The highest BCUT2D eigenvalue weighted by Crippen LogP contribution is 2.24. The molecule has 0 bridgehead atoms. The first-order valence-electron chi connectivity index (χ1n) is 11.1. The summed E-state index contributed by atoms with van der Waals surface area (Å²) < 4.78 is 7.17. The van der Waals surface area contributed by atoms with Crippen molar-refractivity contribution in [2.24, 2.45) is 0 Å². The molecule has 0 aliphatic rings. The van der Waals surface area contributed by atoms with Crippen LogP contribution in [-0.2, 0) is 11.3 Å². The fourth-order valence-electron chi connectivity index (χ4n) is 4.03. The fourth-order valence-corrected chi connectivity index (χ4v) is 4.03. The Kier molecular flexibility index (Phi) is 6.75. The van der Waals surface area contributed by atoms with Crippen molar-refractivity contribution in [2.45, 2.75) is 26.8 Å². The second-order valence-corrected chi connectivity index (χ2v) is 8.38. The number of carbonyl (C=O) groups is 1. The number of nitrogens with one attached hydrogen (secondary N) is 1.